The fraction of sp³-hybridized carbons (Fsp3) is 0.100. The van der Waals surface area contributed by atoms with E-state index in [1.54, 1.807) is 0 Å². The molecule has 0 atom stereocenters. The summed E-state index contributed by atoms with van der Waals surface area (Å²) in [6.07, 6.45) is 0. The Kier molecular flexibility index (Phi) is 4.62. The van der Waals surface area contributed by atoms with Gasteiger partial charge >= 0.3 is 0 Å². The zero-order valence-electron chi connectivity index (χ0n) is 12.4. The Bertz CT molecular complexity index is 599. The molecular formula is C20H19NS. The summed E-state index contributed by atoms with van der Waals surface area (Å²) in [5, 5.41) is 5.94. The Morgan fingerprint density at radius 3 is 1.18 bits per heavy atom. The van der Waals surface area contributed by atoms with Gasteiger partial charge in [-0.2, -0.15) is 0 Å². The second-order valence-corrected chi connectivity index (χ2v) is 5.94. The lowest BCUT2D eigenvalue weighted by Crippen LogP contribution is -2.32. The molecule has 0 saturated heterocycles. The molecule has 0 heterocycles. The largest absolute Gasteiger partial charge is 0.278 e. The summed E-state index contributed by atoms with van der Waals surface area (Å²) >= 11 is 1.39. The third kappa shape index (κ3) is 2.68. The summed E-state index contributed by atoms with van der Waals surface area (Å²) < 4.78 is 0. The average Bonchev–Trinajstić information content (AvgIpc) is 2.62. The monoisotopic (exact) mass is 305 g/mol. The minimum Gasteiger partial charge on any atom is -0.278 e. The van der Waals surface area contributed by atoms with Crippen LogP contribution in [0.25, 0.3) is 0 Å². The molecule has 0 unspecified atom stereocenters. The van der Waals surface area contributed by atoms with Gasteiger partial charge in [0.2, 0.25) is 0 Å². The summed E-state index contributed by atoms with van der Waals surface area (Å²) in [5.74, 6) is 0.797. The van der Waals surface area contributed by atoms with Gasteiger partial charge in [0.1, 0.15) is 0 Å². The first-order valence-corrected chi connectivity index (χ1v) is 8.41. The van der Waals surface area contributed by atoms with E-state index in [1.165, 1.54) is 28.6 Å². The lowest BCUT2D eigenvalue weighted by atomic mass is 9.71. The van der Waals surface area contributed by atoms with Crippen LogP contribution in [0.1, 0.15) is 16.7 Å². The number of hydrogen-bond acceptors (Lipinski definition) is 2. The first kappa shape index (κ1) is 14.9. The van der Waals surface area contributed by atoms with E-state index in [1.807, 2.05) is 0 Å². The normalized spacial score (nSPS) is 11.3. The van der Waals surface area contributed by atoms with Gasteiger partial charge in [0.25, 0.3) is 0 Å². The van der Waals surface area contributed by atoms with Crippen LogP contribution in [0.4, 0.5) is 0 Å². The summed E-state index contributed by atoms with van der Waals surface area (Å²) in [6.45, 7) is 0. The van der Waals surface area contributed by atoms with E-state index >= 15 is 0 Å². The predicted molar refractivity (Wildman–Crippen MR) is 95.9 cm³/mol. The van der Waals surface area contributed by atoms with Gasteiger partial charge in [-0.05, 0) is 16.7 Å². The Balaban J connectivity index is 2.29. The second-order valence-electron chi connectivity index (χ2n) is 5.31. The van der Waals surface area contributed by atoms with Crippen LogP contribution < -0.4 is 5.14 Å². The third-order valence-electron chi connectivity index (χ3n) is 4.10. The Hall–Kier alpha value is -2.03. The van der Waals surface area contributed by atoms with E-state index in [9.17, 15) is 0 Å². The smallest absolute Gasteiger partial charge is 0.0553 e. The molecule has 0 bridgehead atoms. The van der Waals surface area contributed by atoms with Crippen LogP contribution in [0, 0.1) is 0 Å². The summed E-state index contributed by atoms with van der Waals surface area (Å²) in [7, 11) is 0. The van der Waals surface area contributed by atoms with Crippen LogP contribution in [0.5, 0.6) is 0 Å². The minimum atomic E-state index is -0.233. The molecule has 3 rings (SSSR count). The number of nitrogens with two attached hydrogens (primary N) is 1. The fourth-order valence-corrected chi connectivity index (χ4v) is 3.79. The predicted octanol–water partition coefficient (Wildman–Crippen LogP) is 4.63. The van der Waals surface area contributed by atoms with Gasteiger partial charge in [0.05, 0.1) is 5.41 Å². The van der Waals surface area contributed by atoms with Crippen LogP contribution >= 0.6 is 11.9 Å². The standard InChI is InChI=1S/C20H19NS/c21-22-16-20(17-10-4-1-5-11-17,18-12-6-2-7-13-18)19-14-8-3-9-15-19/h1-15H,16,21H2. The van der Waals surface area contributed by atoms with Crippen molar-refractivity contribution in [1.29, 1.82) is 0 Å². The van der Waals surface area contributed by atoms with E-state index in [0.29, 0.717) is 0 Å². The van der Waals surface area contributed by atoms with Crippen molar-refractivity contribution in [3.05, 3.63) is 108 Å². The summed E-state index contributed by atoms with van der Waals surface area (Å²) in [4.78, 5) is 0. The first-order valence-electron chi connectivity index (χ1n) is 7.36. The number of hydrogen-bond donors (Lipinski definition) is 1. The third-order valence-corrected chi connectivity index (χ3v) is 4.70. The Labute approximate surface area is 136 Å². The van der Waals surface area contributed by atoms with E-state index in [0.717, 1.165) is 5.75 Å². The molecule has 0 spiro atoms. The van der Waals surface area contributed by atoms with Gasteiger partial charge in [0.15, 0.2) is 0 Å². The maximum atomic E-state index is 5.94. The van der Waals surface area contributed by atoms with Crippen molar-refractivity contribution in [2.75, 3.05) is 5.75 Å². The van der Waals surface area contributed by atoms with Crippen LogP contribution in [0.3, 0.4) is 0 Å². The SMILES string of the molecule is NSCC(c1ccccc1)(c1ccccc1)c1ccccc1. The van der Waals surface area contributed by atoms with Crippen LogP contribution in [-0.4, -0.2) is 5.75 Å². The number of benzene rings is 3. The van der Waals surface area contributed by atoms with Crippen LogP contribution in [-0.2, 0) is 5.41 Å². The molecule has 2 heteroatoms. The molecule has 0 saturated carbocycles. The van der Waals surface area contributed by atoms with Crippen LogP contribution in [0.2, 0.25) is 0 Å². The van der Waals surface area contributed by atoms with Gasteiger partial charge in [-0.15, -0.1) is 0 Å². The van der Waals surface area contributed by atoms with E-state index in [2.05, 4.69) is 91.0 Å². The highest BCUT2D eigenvalue weighted by atomic mass is 32.2. The first-order chi connectivity index (χ1) is 10.9. The quantitative estimate of drug-likeness (QED) is 0.549. The molecule has 0 fully saturated rings. The van der Waals surface area contributed by atoms with Gasteiger partial charge in [-0.1, -0.05) is 103 Å². The molecule has 0 aromatic heterocycles. The van der Waals surface area contributed by atoms with Crippen molar-refractivity contribution < 1.29 is 0 Å². The molecule has 0 aliphatic heterocycles. The van der Waals surface area contributed by atoms with Gasteiger partial charge in [-0.3, -0.25) is 5.14 Å². The topological polar surface area (TPSA) is 26.0 Å². The maximum Gasteiger partial charge on any atom is 0.0553 e. The van der Waals surface area contributed by atoms with Crippen LogP contribution in [0.15, 0.2) is 91.0 Å². The highest BCUT2D eigenvalue weighted by Crippen LogP contribution is 2.40. The lowest BCUT2D eigenvalue weighted by Gasteiger charge is -2.35. The van der Waals surface area contributed by atoms with Gasteiger partial charge in [0, 0.05) is 5.75 Å². The van der Waals surface area contributed by atoms with E-state index in [4.69, 9.17) is 5.14 Å². The molecule has 1 nitrogen and oxygen atoms in total. The maximum absolute atomic E-state index is 5.94. The fourth-order valence-electron chi connectivity index (χ4n) is 3.04. The molecule has 0 amide bonds. The molecule has 0 radical (unpaired) electrons. The lowest BCUT2D eigenvalue weighted by molar-refractivity contribution is 0.705. The molecule has 3 aromatic rings. The molecule has 0 aliphatic rings. The molecule has 110 valence electrons. The second kappa shape index (κ2) is 6.82. The molecule has 0 aliphatic carbocycles. The Morgan fingerprint density at radius 1 is 0.591 bits per heavy atom. The zero-order valence-corrected chi connectivity index (χ0v) is 13.2. The zero-order chi connectivity index (χ0) is 15.3. The highest BCUT2D eigenvalue weighted by molar-refractivity contribution is 7.97. The van der Waals surface area contributed by atoms with Crippen molar-refractivity contribution in [3.8, 4) is 0 Å². The highest BCUT2D eigenvalue weighted by Gasteiger charge is 2.35. The van der Waals surface area contributed by atoms with Crippen molar-refractivity contribution in [1.82, 2.24) is 0 Å². The van der Waals surface area contributed by atoms with Crippen molar-refractivity contribution >= 4 is 11.9 Å². The van der Waals surface area contributed by atoms with Gasteiger partial charge < -0.3 is 0 Å². The van der Waals surface area contributed by atoms with Gasteiger partial charge in [-0.25, -0.2) is 0 Å². The molecule has 2 N–H and O–H groups in total. The minimum absolute atomic E-state index is 0.233. The number of rotatable bonds is 5. The molecule has 22 heavy (non-hydrogen) atoms. The summed E-state index contributed by atoms with van der Waals surface area (Å²) in [5.41, 5.74) is 3.57. The summed E-state index contributed by atoms with van der Waals surface area (Å²) in [6, 6.07) is 31.9. The van der Waals surface area contributed by atoms with E-state index in [-0.39, 0.29) is 5.41 Å². The average molecular weight is 305 g/mol. The molecule has 3 aromatic carbocycles. The van der Waals surface area contributed by atoms with Crippen molar-refractivity contribution in [2.24, 2.45) is 5.14 Å². The van der Waals surface area contributed by atoms with Crippen molar-refractivity contribution in [3.63, 3.8) is 0 Å². The van der Waals surface area contributed by atoms with Crippen molar-refractivity contribution in [2.45, 2.75) is 5.41 Å². The molecular weight excluding hydrogens is 286 g/mol. The van der Waals surface area contributed by atoms with E-state index < -0.39 is 0 Å². The Morgan fingerprint density at radius 2 is 0.909 bits per heavy atom.